The monoisotopic (exact) mass is 446 g/mol. The second-order valence-electron chi connectivity index (χ2n) is 7.66. The molecule has 1 unspecified atom stereocenters. The van der Waals surface area contributed by atoms with Gasteiger partial charge in [-0.15, -0.1) is 0 Å². The molecule has 0 aliphatic heterocycles. The SMILES string of the molecule is CCOc1ccc(-n2c(O)c(C=NC(CC)Cc3c[nH]c4ccccc34)c(=O)[nH]c2=O)cc1. The zero-order valence-corrected chi connectivity index (χ0v) is 18.5. The van der Waals surface area contributed by atoms with Crippen LogP contribution in [0, 0.1) is 0 Å². The van der Waals surface area contributed by atoms with Gasteiger partial charge >= 0.3 is 5.69 Å². The van der Waals surface area contributed by atoms with Gasteiger partial charge in [-0.2, -0.15) is 0 Å². The summed E-state index contributed by atoms with van der Waals surface area (Å²) in [5.41, 5.74) is 1.10. The number of fused-ring (bicyclic) bond motifs is 1. The van der Waals surface area contributed by atoms with Crippen LogP contribution >= 0.6 is 0 Å². The van der Waals surface area contributed by atoms with Gasteiger partial charge in [0.2, 0.25) is 5.88 Å². The Kier molecular flexibility index (Phi) is 6.44. The van der Waals surface area contributed by atoms with Crippen LogP contribution in [0.15, 0.2) is 69.3 Å². The number of aromatic amines is 2. The Balaban J connectivity index is 1.64. The number of hydrogen-bond acceptors (Lipinski definition) is 5. The third-order valence-corrected chi connectivity index (χ3v) is 5.54. The minimum Gasteiger partial charge on any atom is -0.494 e. The number of aromatic hydroxyl groups is 1. The standard InChI is InChI=1S/C25H26N4O4/c1-3-17(13-16-14-27-22-8-6-5-7-20(16)22)26-15-21-23(30)28-25(32)29(24(21)31)18-9-11-19(12-10-18)33-4-2/h5-12,14-15,17,27,31H,3-4,13H2,1-2H3,(H,28,30,32). The molecule has 0 fully saturated rings. The van der Waals surface area contributed by atoms with Gasteiger partial charge in [-0.1, -0.05) is 25.1 Å². The number of nitrogens with zero attached hydrogens (tertiary/aromatic N) is 2. The van der Waals surface area contributed by atoms with Crippen LogP contribution in [-0.4, -0.2) is 38.5 Å². The normalized spacial score (nSPS) is 12.4. The van der Waals surface area contributed by atoms with Gasteiger partial charge in [0.25, 0.3) is 5.56 Å². The largest absolute Gasteiger partial charge is 0.494 e. The quantitative estimate of drug-likeness (QED) is 0.359. The van der Waals surface area contributed by atoms with Gasteiger partial charge in [0.05, 0.1) is 18.3 Å². The molecule has 3 N–H and O–H groups in total. The molecule has 4 aromatic rings. The third kappa shape index (κ3) is 4.59. The summed E-state index contributed by atoms with van der Waals surface area (Å²) >= 11 is 0. The first kappa shape index (κ1) is 22.1. The van der Waals surface area contributed by atoms with E-state index in [-0.39, 0.29) is 11.6 Å². The lowest BCUT2D eigenvalue weighted by atomic mass is 10.0. The molecular weight excluding hydrogens is 420 g/mol. The summed E-state index contributed by atoms with van der Waals surface area (Å²) in [6.07, 6.45) is 4.74. The van der Waals surface area contributed by atoms with E-state index < -0.39 is 17.1 Å². The smallest absolute Gasteiger partial charge is 0.335 e. The van der Waals surface area contributed by atoms with Crippen LogP contribution in [0.25, 0.3) is 16.6 Å². The first-order valence-electron chi connectivity index (χ1n) is 10.9. The zero-order chi connectivity index (χ0) is 23.4. The highest BCUT2D eigenvalue weighted by Crippen LogP contribution is 2.22. The average molecular weight is 447 g/mol. The highest BCUT2D eigenvalue weighted by Gasteiger charge is 2.16. The van der Waals surface area contributed by atoms with E-state index in [0.29, 0.717) is 24.5 Å². The number of aromatic nitrogens is 3. The van der Waals surface area contributed by atoms with Crippen molar-refractivity contribution in [3.63, 3.8) is 0 Å². The van der Waals surface area contributed by atoms with Gasteiger partial charge < -0.3 is 14.8 Å². The fourth-order valence-corrected chi connectivity index (χ4v) is 3.79. The molecule has 33 heavy (non-hydrogen) atoms. The second-order valence-corrected chi connectivity index (χ2v) is 7.66. The second kappa shape index (κ2) is 9.60. The maximum absolute atomic E-state index is 12.4. The van der Waals surface area contributed by atoms with E-state index in [2.05, 4.69) is 21.0 Å². The van der Waals surface area contributed by atoms with Crippen LogP contribution in [0.4, 0.5) is 0 Å². The highest BCUT2D eigenvalue weighted by atomic mass is 16.5. The average Bonchev–Trinajstić information content (AvgIpc) is 3.22. The predicted octanol–water partition coefficient (Wildman–Crippen LogP) is 3.55. The topological polar surface area (TPSA) is 112 Å². The van der Waals surface area contributed by atoms with Crippen molar-refractivity contribution in [2.24, 2.45) is 4.99 Å². The molecule has 0 radical (unpaired) electrons. The fraction of sp³-hybridized carbons (Fsp3) is 0.240. The minimum absolute atomic E-state index is 0.0686. The molecule has 0 spiro atoms. The Morgan fingerprint density at radius 1 is 1.12 bits per heavy atom. The van der Waals surface area contributed by atoms with Gasteiger partial charge in [-0.3, -0.25) is 14.8 Å². The van der Waals surface area contributed by atoms with Gasteiger partial charge in [-0.25, -0.2) is 9.36 Å². The number of para-hydroxylation sites is 1. The van der Waals surface area contributed by atoms with Gasteiger partial charge in [0.1, 0.15) is 11.3 Å². The van der Waals surface area contributed by atoms with Crippen molar-refractivity contribution in [2.45, 2.75) is 32.7 Å². The maximum atomic E-state index is 12.4. The Labute approximate surface area is 190 Å². The molecule has 0 aliphatic carbocycles. The lowest BCUT2D eigenvalue weighted by Crippen LogP contribution is -2.31. The van der Waals surface area contributed by atoms with Crippen molar-refractivity contribution in [1.82, 2.24) is 14.5 Å². The van der Waals surface area contributed by atoms with E-state index in [9.17, 15) is 14.7 Å². The zero-order valence-electron chi connectivity index (χ0n) is 18.5. The molecular formula is C25H26N4O4. The van der Waals surface area contributed by atoms with Crippen molar-refractivity contribution in [2.75, 3.05) is 6.61 Å². The van der Waals surface area contributed by atoms with Crippen LogP contribution in [0.3, 0.4) is 0 Å². The molecule has 0 aliphatic rings. The van der Waals surface area contributed by atoms with Crippen LogP contribution in [0.5, 0.6) is 11.6 Å². The summed E-state index contributed by atoms with van der Waals surface area (Å²) in [6, 6.07) is 14.6. The first-order chi connectivity index (χ1) is 16.0. The molecule has 8 heteroatoms. The minimum atomic E-state index is -0.732. The number of H-pyrrole nitrogens is 2. The van der Waals surface area contributed by atoms with Crippen LogP contribution < -0.4 is 16.0 Å². The Bertz CT molecular complexity index is 1400. The number of nitrogens with one attached hydrogen (secondary N) is 2. The molecule has 1 atom stereocenters. The third-order valence-electron chi connectivity index (χ3n) is 5.54. The molecule has 2 aromatic carbocycles. The number of benzene rings is 2. The van der Waals surface area contributed by atoms with Crippen molar-refractivity contribution < 1.29 is 9.84 Å². The molecule has 2 aromatic heterocycles. The summed E-state index contributed by atoms with van der Waals surface area (Å²) < 4.78 is 6.46. The molecule has 170 valence electrons. The van der Waals surface area contributed by atoms with Crippen molar-refractivity contribution in [3.05, 3.63) is 86.7 Å². The van der Waals surface area contributed by atoms with Crippen LogP contribution in [0.2, 0.25) is 0 Å². The van der Waals surface area contributed by atoms with Crippen LogP contribution in [0.1, 0.15) is 31.4 Å². The maximum Gasteiger partial charge on any atom is 0.335 e. The molecule has 0 amide bonds. The molecule has 2 heterocycles. The van der Waals surface area contributed by atoms with Gasteiger partial charge in [0, 0.05) is 23.3 Å². The van der Waals surface area contributed by atoms with E-state index in [4.69, 9.17) is 4.74 Å². The van der Waals surface area contributed by atoms with E-state index in [0.717, 1.165) is 27.5 Å². The predicted molar refractivity (Wildman–Crippen MR) is 129 cm³/mol. The number of hydrogen-bond donors (Lipinski definition) is 3. The van der Waals surface area contributed by atoms with E-state index in [1.54, 1.807) is 24.3 Å². The Hall–Kier alpha value is -4.07. The summed E-state index contributed by atoms with van der Waals surface area (Å²) in [5, 5.41) is 11.9. The molecule has 0 bridgehead atoms. The summed E-state index contributed by atoms with van der Waals surface area (Å²) in [4.78, 5) is 34.9. The van der Waals surface area contributed by atoms with E-state index in [1.165, 1.54) is 6.21 Å². The van der Waals surface area contributed by atoms with Crippen LogP contribution in [-0.2, 0) is 6.42 Å². The number of rotatable bonds is 8. The Morgan fingerprint density at radius 2 is 1.88 bits per heavy atom. The summed E-state index contributed by atoms with van der Waals surface area (Å²) in [5.74, 6) is 0.182. The Morgan fingerprint density at radius 3 is 2.61 bits per heavy atom. The molecule has 8 nitrogen and oxygen atoms in total. The lowest BCUT2D eigenvalue weighted by Gasteiger charge is -2.12. The van der Waals surface area contributed by atoms with Crippen molar-refractivity contribution in [3.8, 4) is 17.3 Å². The lowest BCUT2D eigenvalue weighted by molar-refractivity contribution is 0.340. The van der Waals surface area contributed by atoms with Gasteiger partial charge in [0.15, 0.2) is 0 Å². The van der Waals surface area contributed by atoms with Crippen molar-refractivity contribution >= 4 is 17.1 Å². The van der Waals surface area contributed by atoms with E-state index >= 15 is 0 Å². The van der Waals surface area contributed by atoms with E-state index in [1.807, 2.05) is 38.2 Å². The molecule has 4 rings (SSSR count). The number of ether oxygens (including phenoxy) is 1. The first-order valence-corrected chi connectivity index (χ1v) is 10.9. The molecule has 0 saturated heterocycles. The summed E-state index contributed by atoms with van der Waals surface area (Å²) in [7, 11) is 0. The molecule has 0 saturated carbocycles. The van der Waals surface area contributed by atoms with Crippen molar-refractivity contribution in [1.29, 1.82) is 0 Å². The fourth-order valence-electron chi connectivity index (χ4n) is 3.79. The van der Waals surface area contributed by atoms with Gasteiger partial charge in [-0.05, 0) is 55.7 Å². The number of aliphatic imine (C=N–C) groups is 1. The highest BCUT2D eigenvalue weighted by molar-refractivity contribution is 5.84. The summed E-state index contributed by atoms with van der Waals surface area (Å²) in [6.45, 7) is 4.41.